The molecule has 0 saturated heterocycles. The van der Waals surface area contributed by atoms with Gasteiger partial charge < -0.3 is 10.2 Å². The van der Waals surface area contributed by atoms with Crippen LogP contribution >= 0.6 is 0 Å². The van der Waals surface area contributed by atoms with Crippen molar-refractivity contribution in [3.63, 3.8) is 0 Å². The minimum Gasteiger partial charge on any atom is -0.852 e. The van der Waals surface area contributed by atoms with Gasteiger partial charge in [0.2, 0.25) is 0 Å². The number of rotatable bonds is 5. The molecule has 0 bridgehead atoms. The Kier molecular flexibility index (Phi) is 19.7. The maximum absolute atomic E-state index is 10.7. The monoisotopic (exact) mass is 292 g/mol. The third kappa shape index (κ3) is 38.1. The highest BCUT2D eigenvalue weighted by Crippen LogP contribution is 1.89. The van der Waals surface area contributed by atoms with Gasteiger partial charge in [-0.05, 0) is 6.92 Å². The topological polar surface area (TPSA) is 98.7 Å². The van der Waals surface area contributed by atoms with E-state index in [0.29, 0.717) is 0 Å². The fraction of sp³-hybridized carbons (Fsp3) is 0.833. The summed E-state index contributed by atoms with van der Waals surface area (Å²) in [6.07, 6.45) is -0.833. The lowest BCUT2D eigenvalue weighted by atomic mass is 10.5. The Labute approximate surface area is 120 Å². The Bertz CT molecular complexity index is 219. The van der Waals surface area contributed by atoms with Gasteiger partial charge >= 0.3 is 19.5 Å². The molecule has 0 aliphatic carbocycles. The largest absolute Gasteiger partial charge is 1.46 e. The quantitative estimate of drug-likeness (QED) is 0.625. The number of carbonyl (C=O) groups is 2. The summed E-state index contributed by atoms with van der Waals surface area (Å²) in [7, 11) is 1.42. The molecule has 6 nitrogen and oxygen atoms in total. The van der Waals surface area contributed by atoms with Crippen molar-refractivity contribution in [1.82, 2.24) is 0 Å². The van der Waals surface area contributed by atoms with Gasteiger partial charge in [0.1, 0.15) is 0 Å². The molecule has 0 aromatic carbocycles. The van der Waals surface area contributed by atoms with E-state index in [1.807, 2.05) is 0 Å². The zero-order valence-corrected chi connectivity index (χ0v) is 14.0. The second-order valence-corrected chi connectivity index (χ2v) is 6.57. The van der Waals surface area contributed by atoms with Crippen LogP contribution in [0.2, 0.25) is 0 Å². The van der Waals surface area contributed by atoms with Gasteiger partial charge in [-0.2, -0.15) is 0 Å². The first-order chi connectivity index (χ1) is 8.54. The van der Waals surface area contributed by atoms with Crippen LogP contribution in [0.1, 0.15) is 41.5 Å². The van der Waals surface area contributed by atoms with Crippen molar-refractivity contribution in [2.45, 2.75) is 53.8 Å². The number of hydrogen-bond donors (Lipinski definition) is 0. The smallest absolute Gasteiger partial charge is 0.852 e. The van der Waals surface area contributed by atoms with E-state index in [-0.39, 0.29) is 17.0 Å². The Hall–Kier alpha value is -0.288. The molecule has 112 valence electrons. The SMILES string of the molecule is CC(C)[O-].CC(C)[O-].C[O][Al+2]([O]CC(C)=O)[C](C)=O. The summed E-state index contributed by atoms with van der Waals surface area (Å²) >= 11 is -2.20. The molecule has 0 spiro atoms. The second-order valence-electron chi connectivity index (χ2n) is 4.29. The van der Waals surface area contributed by atoms with E-state index in [1.165, 1.54) is 21.0 Å². The van der Waals surface area contributed by atoms with E-state index in [2.05, 4.69) is 0 Å². The molecule has 0 aromatic heterocycles. The first-order valence-corrected chi connectivity index (χ1v) is 7.52. The molecule has 0 rings (SSSR count). The Morgan fingerprint density at radius 2 is 1.37 bits per heavy atom. The summed E-state index contributed by atoms with van der Waals surface area (Å²) in [5, 5.41) is 19.1. The third-order valence-corrected chi connectivity index (χ3v) is 2.55. The molecule has 19 heavy (non-hydrogen) atoms. The number of Topliss-reactive ketones (excluding diaryl/α,β-unsaturated/α-hetero) is 1. The van der Waals surface area contributed by atoms with Gasteiger partial charge in [-0.25, -0.2) is 4.79 Å². The molecule has 0 fully saturated rings. The van der Waals surface area contributed by atoms with E-state index in [4.69, 9.17) is 7.58 Å². The van der Waals surface area contributed by atoms with E-state index < -0.39 is 27.0 Å². The van der Waals surface area contributed by atoms with Crippen LogP contribution < -0.4 is 10.2 Å². The normalized spacial score (nSPS) is 9.68. The predicted octanol–water partition coefficient (Wildman–Crippen LogP) is -0.635. The van der Waals surface area contributed by atoms with Crippen LogP contribution in [-0.4, -0.2) is 51.2 Å². The van der Waals surface area contributed by atoms with E-state index in [0.717, 1.165) is 0 Å². The highest BCUT2D eigenvalue weighted by Gasteiger charge is 2.79. The number of hydrogen-bond acceptors (Lipinski definition) is 6. The minimum absolute atomic E-state index is 0.0235. The molecule has 0 aliphatic heterocycles. The fourth-order valence-corrected chi connectivity index (χ4v) is 1.63. The van der Waals surface area contributed by atoms with Crippen molar-refractivity contribution in [3.05, 3.63) is 0 Å². The van der Waals surface area contributed by atoms with E-state index in [1.54, 1.807) is 27.7 Å². The Balaban J connectivity index is -0.000000264. The molecule has 0 aliphatic rings. The lowest BCUT2D eigenvalue weighted by Gasteiger charge is -2.02. The molecule has 0 N–H and O–H groups in total. The van der Waals surface area contributed by atoms with Crippen LogP contribution in [0.15, 0.2) is 0 Å². The summed E-state index contributed by atoms with van der Waals surface area (Å²) in [6.45, 7) is 9.23. The van der Waals surface area contributed by atoms with Gasteiger partial charge in [-0.1, -0.05) is 27.7 Å². The van der Waals surface area contributed by atoms with Crippen LogP contribution in [0, 0.1) is 0 Å². The van der Waals surface area contributed by atoms with Gasteiger partial charge in [-0.15, -0.1) is 19.8 Å². The van der Waals surface area contributed by atoms with E-state index >= 15 is 0 Å². The molecule has 0 saturated carbocycles. The van der Waals surface area contributed by atoms with Crippen molar-refractivity contribution in [2.24, 2.45) is 0 Å². The van der Waals surface area contributed by atoms with Crippen LogP contribution in [0.3, 0.4) is 0 Å². The van der Waals surface area contributed by atoms with Gasteiger partial charge in [0, 0.05) is 6.92 Å². The second kappa shape index (κ2) is 15.8. The van der Waals surface area contributed by atoms with Gasteiger partial charge in [0.15, 0.2) is 12.4 Å². The maximum Gasteiger partial charge on any atom is 1.46 e. The Morgan fingerprint density at radius 3 is 1.53 bits per heavy atom. The fourth-order valence-electron chi connectivity index (χ4n) is 0.544. The standard InChI is InChI=1S/C3H5O2.2C3H7O.C2H3O.CH3O.Al/c1-3(5)2-4;2*1-3(2)4;1-2-3;1-2;/h2H2,1H3;2*3H,1-2H3;1H3;1H3;/q3*-1;;-1;+4. The molecular weight excluding hydrogens is 267 g/mol. The molecule has 7 heteroatoms. The number of ketones is 1. The van der Waals surface area contributed by atoms with Gasteiger partial charge in [0.25, 0.3) is 0 Å². The first kappa shape index (κ1) is 23.8. The average molecular weight is 292 g/mol. The van der Waals surface area contributed by atoms with Crippen molar-refractivity contribution in [3.8, 4) is 0 Å². The highest BCUT2D eigenvalue weighted by molar-refractivity contribution is 6.80. The summed E-state index contributed by atoms with van der Waals surface area (Å²) in [5.74, 6) is -0.0965. The molecule has 0 atom stereocenters. The zero-order valence-electron chi connectivity index (χ0n) is 12.9. The highest BCUT2D eigenvalue weighted by atomic mass is 27.2. The molecule has 0 unspecified atom stereocenters. The lowest BCUT2D eigenvalue weighted by molar-refractivity contribution is -0.408. The van der Waals surface area contributed by atoms with Crippen LogP contribution in [-0.2, 0) is 17.2 Å². The molecule has 4 radical (unpaired) electrons. The maximum atomic E-state index is 10.7. The summed E-state index contributed by atoms with van der Waals surface area (Å²) < 4.78 is 9.61. The minimum atomic E-state index is -2.20. The van der Waals surface area contributed by atoms with E-state index in [9.17, 15) is 19.8 Å². The molecule has 0 aromatic rings. The van der Waals surface area contributed by atoms with Crippen molar-refractivity contribution >= 4 is 25.2 Å². The summed E-state index contributed by atoms with van der Waals surface area (Å²) in [5.41, 5.74) is 0. The lowest BCUT2D eigenvalue weighted by Crippen LogP contribution is -2.31. The van der Waals surface area contributed by atoms with Gasteiger partial charge in [0.05, 0.1) is 7.11 Å². The third-order valence-electron chi connectivity index (χ3n) is 0.984. The number of carbonyl (C=O) groups excluding carboxylic acids is 2. The molecule has 0 heterocycles. The van der Waals surface area contributed by atoms with Gasteiger partial charge in [-0.3, -0.25) is 4.79 Å². The van der Waals surface area contributed by atoms with Crippen LogP contribution in [0.25, 0.3) is 0 Å². The van der Waals surface area contributed by atoms with Crippen molar-refractivity contribution in [2.75, 3.05) is 13.7 Å². The van der Waals surface area contributed by atoms with Crippen molar-refractivity contribution < 1.29 is 27.4 Å². The first-order valence-electron chi connectivity index (χ1n) is 6.00. The van der Waals surface area contributed by atoms with Crippen molar-refractivity contribution in [1.29, 1.82) is 0 Å². The van der Waals surface area contributed by atoms with Crippen LogP contribution in [0.5, 0.6) is 0 Å². The molecular formula is C12H25AlO6. The average Bonchev–Trinajstić information content (AvgIpc) is 2.15. The zero-order chi connectivity index (χ0) is 16.0. The molecule has 0 amide bonds. The summed E-state index contributed by atoms with van der Waals surface area (Å²) in [4.78, 5) is 21.1. The predicted molar refractivity (Wildman–Crippen MR) is 70.3 cm³/mol. The van der Waals surface area contributed by atoms with Crippen LogP contribution in [0.4, 0.5) is 0 Å². The summed E-state index contributed by atoms with van der Waals surface area (Å²) in [6, 6.07) is 0. The Morgan fingerprint density at radius 1 is 1.05 bits per heavy atom.